The maximum atomic E-state index is 11.7. The molecule has 1 aromatic carbocycles. The van der Waals surface area contributed by atoms with Crippen molar-refractivity contribution in [1.29, 1.82) is 0 Å². The number of hydrogen-bond acceptors (Lipinski definition) is 4. The van der Waals surface area contributed by atoms with E-state index in [1.165, 1.54) is 0 Å². The Morgan fingerprint density at radius 2 is 2.10 bits per heavy atom. The zero-order chi connectivity index (χ0) is 15.0. The highest BCUT2D eigenvalue weighted by Gasteiger charge is 2.16. The standard InChI is InChI=1S/C15H21NO4/c1-4-20-15(18)11(2)16-14(17)9-8-12-6-5-7-13(10-12)19-3/h5-7,10-11H,4,8-9H2,1-3H3,(H,16,17). The summed E-state index contributed by atoms with van der Waals surface area (Å²) in [5.41, 5.74) is 1.02. The fraction of sp³-hybridized carbons (Fsp3) is 0.467. The molecule has 0 fully saturated rings. The van der Waals surface area contributed by atoms with Crippen LogP contribution in [0.5, 0.6) is 5.75 Å². The normalized spacial score (nSPS) is 11.6. The van der Waals surface area contributed by atoms with E-state index in [0.29, 0.717) is 19.4 Å². The van der Waals surface area contributed by atoms with Crippen molar-refractivity contribution in [3.05, 3.63) is 29.8 Å². The van der Waals surface area contributed by atoms with Crippen LogP contribution >= 0.6 is 0 Å². The van der Waals surface area contributed by atoms with Crippen LogP contribution in [0.15, 0.2) is 24.3 Å². The Bertz CT molecular complexity index is 459. The minimum absolute atomic E-state index is 0.173. The van der Waals surface area contributed by atoms with Gasteiger partial charge in [0, 0.05) is 6.42 Å². The van der Waals surface area contributed by atoms with Gasteiger partial charge in [-0.05, 0) is 38.0 Å². The first-order chi connectivity index (χ1) is 9.56. The molecule has 0 aliphatic rings. The molecule has 0 bridgehead atoms. The molecule has 0 aliphatic heterocycles. The van der Waals surface area contributed by atoms with Crippen molar-refractivity contribution in [3.8, 4) is 5.75 Å². The number of rotatable bonds is 7. The average Bonchev–Trinajstić information content (AvgIpc) is 2.45. The molecular formula is C15H21NO4. The highest BCUT2D eigenvalue weighted by atomic mass is 16.5. The molecule has 0 saturated carbocycles. The fourth-order valence-corrected chi connectivity index (χ4v) is 1.73. The molecule has 0 saturated heterocycles. The Morgan fingerprint density at radius 1 is 1.35 bits per heavy atom. The number of methoxy groups -OCH3 is 1. The molecule has 0 spiro atoms. The smallest absolute Gasteiger partial charge is 0.328 e. The Labute approximate surface area is 119 Å². The first kappa shape index (κ1) is 16.0. The number of ether oxygens (including phenoxy) is 2. The molecule has 1 rings (SSSR count). The summed E-state index contributed by atoms with van der Waals surface area (Å²) in [5, 5.41) is 2.62. The van der Waals surface area contributed by atoms with Gasteiger partial charge >= 0.3 is 5.97 Å². The summed E-state index contributed by atoms with van der Waals surface area (Å²) in [6.07, 6.45) is 0.912. The van der Waals surface area contributed by atoms with Crippen LogP contribution in [-0.4, -0.2) is 31.6 Å². The summed E-state index contributed by atoms with van der Waals surface area (Å²) in [6, 6.07) is 6.94. The van der Waals surface area contributed by atoms with E-state index in [-0.39, 0.29) is 5.91 Å². The van der Waals surface area contributed by atoms with E-state index in [4.69, 9.17) is 9.47 Å². The second-order valence-corrected chi connectivity index (χ2v) is 4.39. The fourth-order valence-electron chi connectivity index (χ4n) is 1.73. The first-order valence-corrected chi connectivity index (χ1v) is 6.65. The molecule has 1 atom stereocenters. The number of carbonyl (C=O) groups excluding carboxylic acids is 2. The van der Waals surface area contributed by atoms with Gasteiger partial charge in [0.15, 0.2) is 0 Å². The average molecular weight is 279 g/mol. The van der Waals surface area contributed by atoms with Gasteiger partial charge in [0.1, 0.15) is 11.8 Å². The summed E-state index contributed by atoms with van der Waals surface area (Å²) in [5.74, 6) is 0.179. The van der Waals surface area contributed by atoms with Crippen LogP contribution in [0.25, 0.3) is 0 Å². The van der Waals surface area contributed by atoms with Crippen LogP contribution < -0.4 is 10.1 Å². The summed E-state index contributed by atoms with van der Waals surface area (Å²) >= 11 is 0. The number of amides is 1. The van der Waals surface area contributed by atoms with Gasteiger partial charge in [-0.25, -0.2) is 4.79 Å². The van der Waals surface area contributed by atoms with E-state index in [9.17, 15) is 9.59 Å². The zero-order valence-corrected chi connectivity index (χ0v) is 12.1. The first-order valence-electron chi connectivity index (χ1n) is 6.65. The van der Waals surface area contributed by atoms with Gasteiger partial charge in [-0.15, -0.1) is 0 Å². The van der Waals surface area contributed by atoms with Crippen molar-refractivity contribution in [3.63, 3.8) is 0 Å². The molecule has 1 aromatic rings. The summed E-state index contributed by atoms with van der Waals surface area (Å²) in [4.78, 5) is 23.1. The molecule has 5 heteroatoms. The SMILES string of the molecule is CCOC(=O)C(C)NC(=O)CCc1cccc(OC)c1. The predicted octanol–water partition coefficient (Wildman–Crippen LogP) is 1.70. The number of nitrogens with one attached hydrogen (secondary N) is 1. The van der Waals surface area contributed by atoms with Crippen molar-refractivity contribution in [2.45, 2.75) is 32.7 Å². The van der Waals surface area contributed by atoms with Gasteiger partial charge < -0.3 is 14.8 Å². The Balaban J connectivity index is 2.41. The van der Waals surface area contributed by atoms with E-state index in [2.05, 4.69) is 5.32 Å². The third-order valence-corrected chi connectivity index (χ3v) is 2.79. The van der Waals surface area contributed by atoms with Gasteiger partial charge in [-0.3, -0.25) is 4.79 Å². The minimum atomic E-state index is -0.618. The van der Waals surface area contributed by atoms with Gasteiger partial charge in [-0.2, -0.15) is 0 Å². The van der Waals surface area contributed by atoms with Crippen molar-refractivity contribution in [1.82, 2.24) is 5.32 Å². The maximum Gasteiger partial charge on any atom is 0.328 e. The largest absolute Gasteiger partial charge is 0.497 e. The zero-order valence-electron chi connectivity index (χ0n) is 12.1. The van der Waals surface area contributed by atoms with E-state index in [1.54, 1.807) is 21.0 Å². The van der Waals surface area contributed by atoms with Crippen molar-refractivity contribution >= 4 is 11.9 Å². The highest BCUT2D eigenvalue weighted by molar-refractivity contribution is 5.84. The molecule has 0 aromatic heterocycles. The molecule has 1 unspecified atom stereocenters. The lowest BCUT2D eigenvalue weighted by Crippen LogP contribution is -2.39. The number of aryl methyl sites for hydroxylation is 1. The Morgan fingerprint density at radius 3 is 2.75 bits per heavy atom. The maximum absolute atomic E-state index is 11.7. The van der Waals surface area contributed by atoms with Gasteiger partial charge in [0.2, 0.25) is 5.91 Å². The summed E-state index contributed by atoms with van der Waals surface area (Å²) in [6.45, 7) is 3.65. The molecule has 1 amide bonds. The quantitative estimate of drug-likeness (QED) is 0.771. The second-order valence-electron chi connectivity index (χ2n) is 4.39. The molecule has 0 radical (unpaired) electrons. The lowest BCUT2D eigenvalue weighted by Gasteiger charge is -2.12. The number of hydrogen-bond donors (Lipinski definition) is 1. The number of esters is 1. The molecule has 5 nitrogen and oxygen atoms in total. The molecule has 0 heterocycles. The van der Waals surface area contributed by atoms with Crippen LogP contribution in [0.4, 0.5) is 0 Å². The third kappa shape index (κ3) is 5.30. The summed E-state index contributed by atoms with van der Waals surface area (Å²) < 4.78 is 9.95. The Hall–Kier alpha value is -2.04. The summed E-state index contributed by atoms with van der Waals surface area (Å²) in [7, 11) is 1.60. The van der Waals surface area contributed by atoms with Crippen LogP contribution in [0, 0.1) is 0 Å². The van der Waals surface area contributed by atoms with Crippen LogP contribution in [0.1, 0.15) is 25.8 Å². The molecule has 20 heavy (non-hydrogen) atoms. The molecule has 0 aliphatic carbocycles. The minimum Gasteiger partial charge on any atom is -0.497 e. The molecule has 1 N–H and O–H groups in total. The second kappa shape index (κ2) is 8.19. The van der Waals surface area contributed by atoms with Crippen LogP contribution in [0.2, 0.25) is 0 Å². The topological polar surface area (TPSA) is 64.6 Å². The Kier molecular flexibility index (Phi) is 6.56. The lowest BCUT2D eigenvalue weighted by atomic mass is 10.1. The molecule has 110 valence electrons. The monoisotopic (exact) mass is 279 g/mol. The van der Waals surface area contributed by atoms with Crippen molar-refractivity contribution in [2.24, 2.45) is 0 Å². The lowest BCUT2D eigenvalue weighted by molar-refractivity contribution is -0.146. The number of carbonyl (C=O) groups is 2. The third-order valence-electron chi connectivity index (χ3n) is 2.79. The predicted molar refractivity (Wildman–Crippen MR) is 75.6 cm³/mol. The van der Waals surface area contributed by atoms with Gasteiger partial charge in [-0.1, -0.05) is 12.1 Å². The van der Waals surface area contributed by atoms with Crippen molar-refractivity contribution < 1.29 is 19.1 Å². The van der Waals surface area contributed by atoms with E-state index >= 15 is 0 Å². The van der Waals surface area contributed by atoms with Crippen molar-refractivity contribution in [2.75, 3.05) is 13.7 Å². The van der Waals surface area contributed by atoms with Gasteiger partial charge in [0.25, 0.3) is 0 Å². The number of benzene rings is 1. The highest BCUT2D eigenvalue weighted by Crippen LogP contribution is 2.13. The van der Waals surface area contributed by atoms with Crippen LogP contribution in [-0.2, 0) is 20.7 Å². The van der Waals surface area contributed by atoms with E-state index in [0.717, 1.165) is 11.3 Å². The van der Waals surface area contributed by atoms with Crippen LogP contribution in [0.3, 0.4) is 0 Å². The van der Waals surface area contributed by atoms with E-state index < -0.39 is 12.0 Å². The van der Waals surface area contributed by atoms with Gasteiger partial charge in [0.05, 0.1) is 13.7 Å². The van der Waals surface area contributed by atoms with E-state index in [1.807, 2.05) is 24.3 Å². The molecular weight excluding hydrogens is 258 g/mol.